The van der Waals surface area contributed by atoms with Crippen LogP contribution in [0, 0.1) is 0 Å². The summed E-state index contributed by atoms with van der Waals surface area (Å²) in [5.41, 5.74) is 0.844. The van der Waals surface area contributed by atoms with Crippen LogP contribution in [-0.4, -0.2) is 22.8 Å². The second-order valence-electron chi connectivity index (χ2n) is 4.14. The van der Waals surface area contributed by atoms with E-state index < -0.39 is 0 Å². The number of aromatic nitrogens is 2. The highest BCUT2D eigenvalue weighted by atomic mass is 35.5. The fourth-order valence-corrected chi connectivity index (χ4v) is 2.52. The third-order valence-electron chi connectivity index (χ3n) is 3.17. The lowest BCUT2D eigenvalue weighted by molar-refractivity contribution is 0.0833. The molecule has 0 amide bonds. The van der Waals surface area contributed by atoms with Crippen molar-refractivity contribution < 1.29 is 4.74 Å². The molecule has 1 N–H and O–H groups in total. The van der Waals surface area contributed by atoms with Gasteiger partial charge >= 0.3 is 0 Å². The van der Waals surface area contributed by atoms with Crippen molar-refractivity contribution >= 4 is 17.8 Å². The van der Waals surface area contributed by atoms with Gasteiger partial charge in [-0.15, -0.1) is 0 Å². The molecule has 0 saturated carbocycles. The Morgan fingerprint density at radius 3 is 3.06 bits per heavy atom. The van der Waals surface area contributed by atoms with Crippen molar-refractivity contribution in [1.82, 2.24) is 14.9 Å². The van der Waals surface area contributed by atoms with Crippen LogP contribution in [0.15, 0.2) is 12.4 Å². The van der Waals surface area contributed by atoms with Crippen molar-refractivity contribution in [2.45, 2.75) is 24.3 Å². The van der Waals surface area contributed by atoms with Crippen LogP contribution >= 0.6 is 11.6 Å². The summed E-state index contributed by atoms with van der Waals surface area (Å²) in [5, 5.41) is 3.05. The standard InChI is InChI=1S/C11H14ClN3O/c12-10-9-7-14-11(15(9)4-3-13-10)8-1-5-16-6-2-8/h3-4,7-8,10,13H,1-2,5-6H2. The van der Waals surface area contributed by atoms with Gasteiger partial charge in [-0.05, 0) is 12.8 Å². The van der Waals surface area contributed by atoms with Crippen LogP contribution in [0.2, 0.25) is 0 Å². The van der Waals surface area contributed by atoms with Crippen molar-refractivity contribution in [2.75, 3.05) is 13.2 Å². The van der Waals surface area contributed by atoms with Gasteiger partial charge in [0, 0.05) is 31.5 Å². The zero-order valence-electron chi connectivity index (χ0n) is 8.90. The number of halogens is 1. The maximum Gasteiger partial charge on any atom is 0.144 e. The normalized spacial score (nSPS) is 25.2. The molecule has 1 unspecified atom stereocenters. The minimum absolute atomic E-state index is 0.175. The van der Waals surface area contributed by atoms with E-state index in [0.29, 0.717) is 5.92 Å². The molecule has 0 aliphatic carbocycles. The van der Waals surface area contributed by atoms with Gasteiger partial charge in [0.1, 0.15) is 11.3 Å². The first-order chi connectivity index (χ1) is 7.86. The van der Waals surface area contributed by atoms with Crippen LogP contribution in [0.1, 0.15) is 35.8 Å². The topological polar surface area (TPSA) is 39.1 Å². The van der Waals surface area contributed by atoms with Crippen LogP contribution in [0.3, 0.4) is 0 Å². The average molecular weight is 240 g/mol. The monoisotopic (exact) mass is 239 g/mol. The first kappa shape index (κ1) is 10.2. The Hall–Kier alpha value is -1.00. The summed E-state index contributed by atoms with van der Waals surface area (Å²) >= 11 is 6.15. The van der Waals surface area contributed by atoms with E-state index in [1.165, 1.54) is 0 Å². The van der Waals surface area contributed by atoms with Gasteiger partial charge in [-0.3, -0.25) is 0 Å². The number of hydrogen-bond donors (Lipinski definition) is 1. The maximum atomic E-state index is 6.15. The van der Waals surface area contributed by atoms with E-state index in [2.05, 4.69) is 14.9 Å². The molecule has 0 spiro atoms. The quantitative estimate of drug-likeness (QED) is 0.602. The second-order valence-corrected chi connectivity index (χ2v) is 4.58. The van der Waals surface area contributed by atoms with Gasteiger partial charge in [0.15, 0.2) is 0 Å². The van der Waals surface area contributed by atoms with Crippen LogP contribution in [0.5, 0.6) is 0 Å². The molecule has 2 aliphatic rings. The molecular formula is C11H14ClN3O. The molecule has 1 fully saturated rings. The first-order valence-corrected chi connectivity index (χ1v) is 6.01. The fraction of sp³-hybridized carbons (Fsp3) is 0.545. The number of alkyl halides is 1. The molecule has 5 heteroatoms. The molecule has 2 aliphatic heterocycles. The molecule has 1 aromatic rings. The third kappa shape index (κ3) is 1.62. The number of ether oxygens (including phenoxy) is 1. The molecule has 16 heavy (non-hydrogen) atoms. The predicted octanol–water partition coefficient (Wildman–Crippen LogP) is 2.05. The van der Waals surface area contributed by atoms with Crippen LogP contribution in [-0.2, 0) is 4.74 Å². The van der Waals surface area contributed by atoms with E-state index in [1.54, 1.807) is 0 Å². The van der Waals surface area contributed by atoms with E-state index in [-0.39, 0.29) is 5.50 Å². The zero-order valence-corrected chi connectivity index (χ0v) is 9.65. The van der Waals surface area contributed by atoms with Gasteiger partial charge in [0.2, 0.25) is 0 Å². The Morgan fingerprint density at radius 2 is 2.25 bits per heavy atom. The average Bonchev–Trinajstić information content (AvgIpc) is 2.75. The van der Waals surface area contributed by atoms with Gasteiger partial charge in [-0.25, -0.2) is 4.98 Å². The summed E-state index contributed by atoms with van der Waals surface area (Å²) in [5.74, 6) is 1.61. The Labute approximate surface area is 99.3 Å². The van der Waals surface area contributed by atoms with E-state index in [4.69, 9.17) is 16.3 Å². The molecule has 0 aromatic carbocycles. The molecule has 86 valence electrons. The Bertz CT molecular complexity index is 409. The largest absolute Gasteiger partial charge is 0.381 e. The number of nitrogens with one attached hydrogen (secondary N) is 1. The van der Waals surface area contributed by atoms with Crippen molar-refractivity contribution in [1.29, 1.82) is 0 Å². The summed E-state index contributed by atoms with van der Waals surface area (Å²) in [7, 11) is 0. The number of nitrogens with zero attached hydrogens (tertiary/aromatic N) is 2. The van der Waals surface area contributed by atoms with E-state index >= 15 is 0 Å². The lowest BCUT2D eigenvalue weighted by Crippen LogP contribution is -2.21. The van der Waals surface area contributed by atoms with Crippen LogP contribution in [0.4, 0.5) is 0 Å². The Morgan fingerprint density at radius 1 is 1.44 bits per heavy atom. The smallest absolute Gasteiger partial charge is 0.144 e. The molecular weight excluding hydrogens is 226 g/mol. The first-order valence-electron chi connectivity index (χ1n) is 5.58. The van der Waals surface area contributed by atoms with Crippen molar-refractivity contribution in [3.63, 3.8) is 0 Å². The van der Waals surface area contributed by atoms with Crippen molar-refractivity contribution in [3.05, 3.63) is 23.9 Å². The highest BCUT2D eigenvalue weighted by Gasteiger charge is 2.24. The van der Waals surface area contributed by atoms with Gasteiger partial charge in [0.05, 0.1) is 11.9 Å². The van der Waals surface area contributed by atoms with Gasteiger partial charge < -0.3 is 14.6 Å². The third-order valence-corrected chi connectivity index (χ3v) is 3.52. The number of rotatable bonds is 1. The summed E-state index contributed by atoms with van der Waals surface area (Å²) in [4.78, 5) is 4.50. The molecule has 0 bridgehead atoms. The van der Waals surface area contributed by atoms with E-state index in [0.717, 1.165) is 37.6 Å². The minimum atomic E-state index is -0.175. The molecule has 1 saturated heterocycles. The second kappa shape index (κ2) is 4.11. The van der Waals surface area contributed by atoms with Gasteiger partial charge in [-0.1, -0.05) is 11.6 Å². The van der Waals surface area contributed by atoms with E-state index in [1.807, 2.05) is 18.6 Å². The Balaban J connectivity index is 1.94. The molecule has 1 aromatic heterocycles. The van der Waals surface area contributed by atoms with Gasteiger partial charge in [-0.2, -0.15) is 0 Å². The summed E-state index contributed by atoms with van der Waals surface area (Å²) in [6.07, 6.45) is 7.81. The number of fused-ring (bicyclic) bond motifs is 1. The lowest BCUT2D eigenvalue weighted by Gasteiger charge is -2.24. The number of imidazole rings is 1. The van der Waals surface area contributed by atoms with Crippen molar-refractivity contribution in [2.24, 2.45) is 0 Å². The van der Waals surface area contributed by atoms with Crippen LogP contribution in [0.25, 0.3) is 6.20 Å². The molecule has 1 atom stereocenters. The number of hydrogen-bond acceptors (Lipinski definition) is 3. The van der Waals surface area contributed by atoms with Crippen LogP contribution < -0.4 is 5.32 Å². The van der Waals surface area contributed by atoms with Crippen molar-refractivity contribution in [3.8, 4) is 0 Å². The zero-order chi connectivity index (χ0) is 11.0. The molecule has 0 radical (unpaired) electrons. The molecule has 3 heterocycles. The summed E-state index contributed by atoms with van der Waals surface area (Å²) in [6.45, 7) is 1.66. The minimum Gasteiger partial charge on any atom is -0.381 e. The maximum absolute atomic E-state index is 6.15. The van der Waals surface area contributed by atoms with E-state index in [9.17, 15) is 0 Å². The highest BCUT2D eigenvalue weighted by Crippen LogP contribution is 2.30. The molecule has 4 nitrogen and oxygen atoms in total. The highest BCUT2D eigenvalue weighted by molar-refractivity contribution is 6.20. The SMILES string of the molecule is ClC1NC=Cn2c1cnc2C1CCOCC1. The molecule has 3 rings (SSSR count). The predicted molar refractivity (Wildman–Crippen MR) is 62.1 cm³/mol. The lowest BCUT2D eigenvalue weighted by atomic mass is 9.99. The summed E-state index contributed by atoms with van der Waals surface area (Å²) < 4.78 is 7.47. The van der Waals surface area contributed by atoms with Gasteiger partial charge in [0.25, 0.3) is 0 Å². The summed E-state index contributed by atoms with van der Waals surface area (Å²) in [6, 6.07) is 0. The Kier molecular flexibility index (Phi) is 2.61. The fourth-order valence-electron chi connectivity index (χ4n) is 2.28.